The summed E-state index contributed by atoms with van der Waals surface area (Å²) < 4.78 is 11.4. The lowest BCUT2D eigenvalue weighted by molar-refractivity contribution is -0.268. The molecule has 1 saturated heterocycles. The summed E-state index contributed by atoms with van der Waals surface area (Å²) in [6.07, 6.45) is 5.55. The molecule has 0 radical (unpaired) electrons. The molecule has 21 heteroatoms. The van der Waals surface area contributed by atoms with Gasteiger partial charge in [-0.3, -0.25) is 28.8 Å². The van der Waals surface area contributed by atoms with Crippen molar-refractivity contribution in [1.82, 2.24) is 31.1 Å². The van der Waals surface area contributed by atoms with Crippen LogP contribution < -0.4 is 26.0 Å². The van der Waals surface area contributed by atoms with Crippen LogP contribution in [-0.4, -0.2) is 171 Å². The number of carboxylic acids is 1. The Labute approximate surface area is 428 Å². The number of unbranched alkanes of at least 4 members (excludes halogenated alkanes) is 9. The highest BCUT2D eigenvalue weighted by Crippen LogP contribution is 2.38. The molecule has 6 amide bonds. The highest BCUT2D eigenvalue weighted by atomic mass is 16.7. The van der Waals surface area contributed by atoms with E-state index in [1.807, 2.05) is 0 Å². The molecule has 10 N–H and O–H groups in total. The van der Waals surface area contributed by atoms with Gasteiger partial charge in [-0.25, -0.2) is 4.79 Å². The zero-order chi connectivity index (χ0) is 54.4. The van der Waals surface area contributed by atoms with Crippen LogP contribution in [0, 0.1) is 5.92 Å². The van der Waals surface area contributed by atoms with Crippen molar-refractivity contribution in [3.63, 3.8) is 0 Å². The van der Waals surface area contributed by atoms with Gasteiger partial charge in [-0.05, 0) is 56.9 Å². The number of carboxylic acid groups (broad SMARTS) is 1. The van der Waals surface area contributed by atoms with Crippen LogP contribution in [0.2, 0.25) is 0 Å². The number of ether oxygens (including phenoxy) is 2. The van der Waals surface area contributed by atoms with Crippen molar-refractivity contribution in [1.29, 1.82) is 0 Å². The number of benzene rings is 2. The molecule has 2 aromatic carbocycles. The van der Waals surface area contributed by atoms with E-state index in [2.05, 4.69) is 35.1 Å². The van der Waals surface area contributed by atoms with E-state index in [4.69, 9.17) is 9.47 Å². The average molecular weight is 1030 g/mol. The van der Waals surface area contributed by atoms with Gasteiger partial charge < -0.3 is 71.2 Å². The minimum absolute atomic E-state index is 0.122. The minimum atomic E-state index is -1.61. The molecule has 0 aromatic heterocycles. The van der Waals surface area contributed by atoms with Crippen molar-refractivity contribution in [2.45, 2.75) is 173 Å². The maximum Gasteiger partial charge on any atom is 0.326 e. The van der Waals surface area contributed by atoms with Crippen LogP contribution in [0.3, 0.4) is 0 Å². The second-order valence-corrected chi connectivity index (χ2v) is 19.4. The van der Waals surface area contributed by atoms with Crippen LogP contribution in [0.25, 0.3) is 11.1 Å². The number of likely N-dealkylation sites (N-methyl/N-ethyl adjacent to an activating group) is 2. The Morgan fingerprint density at radius 1 is 0.712 bits per heavy atom. The van der Waals surface area contributed by atoms with Gasteiger partial charge in [0.05, 0.1) is 25.8 Å². The standard InChI is InChI=1S/C52H80N6O15/c1-31(2)20-16-14-12-10-8-9-11-13-15-17-23-43(62)58(7)39(30-59)50(69)55-32(3)48(67)53-28-44(63)57(6)29-42(61)54-33(4)49(68)56-38(51(70)71)27-35-24-25-40(60)37(26-35)36-21-18-19-22-41(36)73-52-47(66)46(65)45(64)34(5)72-52/h18-19,21-22,24-26,31-34,38-39,45-47,52,59-60,64-66H,8-17,20,23,27-30H2,1-7H3,(H,53,67)(H,54,61)(H,55,69)(H,56,68)(H,70,71)/t32?,33?,34-,38?,39?,45-,46+,47+,52-/m1/s1. The van der Waals surface area contributed by atoms with E-state index in [1.54, 1.807) is 18.2 Å². The van der Waals surface area contributed by atoms with Crippen molar-refractivity contribution >= 4 is 41.4 Å². The lowest BCUT2D eigenvalue weighted by atomic mass is 9.97. The Bertz CT molecular complexity index is 2130. The summed E-state index contributed by atoms with van der Waals surface area (Å²) in [5.74, 6) is -4.91. The van der Waals surface area contributed by atoms with Crippen molar-refractivity contribution in [2.75, 3.05) is 33.8 Å². The number of nitrogens with zero attached hydrogens (tertiary/aromatic N) is 2. The maximum absolute atomic E-state index is 13.1. The Morgan fingerprint density at radius 2 is 1.32 bits per heavy atom. The first-order chi connectivity index (χ1) is 34.5. The number of aliphatic hydroxyl groups is 4. The van der Waals surface area contributed by atoms with Gasteiger partial charge in [-0.15, -0.1) is 0 Å². The fraction of sp³-hybridized carbons (Fsp3) is 0.635. The number of phenolic OH excluding ortho intramolecular Hbond substituents is 1. The quantitative estimate of drug-likeness (QED) is 0.0484. The number of para-hydroxylation sites is 1. The van der Waals surface area contributed by atoms with E-state index in [1.165, 1.54) is 104 Å². The number of carbonyl (C=O) groups excluding carboxylic acids is 6. The van der Waals surface area contributed by atoms with Gasteiger partial charge in [-0.2, -0.15) is 0 Å². The summed E-state index contributed by atoms with van der Waals surface area (Å²) in [6, 6.07) is 5.44. The van der Waals surface area contributed by atoms with Crippen molar-refractivity contribution in [2.24, 2.45) is 5.92 Å². The fourth-order valence-electron chi connectivity index (χ4n) is 8.14. The number of aromatic hydroxyl groups is 1. The summed E-state index contributed by atoms with van der Waals surface area (Å²) in [5, 5.41) is 71.3. The fourth-order valence-corrected chi connectivity index (χ4v) is 8.14. The third kappa shape index (κ3) is 20.2. The van der Waals surface area contributed by atoms with Crippen LogP contribution in [0.1, 0.15) is 117 Å². The number of nitrogens with one attached hydrogen (secondary N) is 4. The van der Waals surface area contributed by atoms with E-state index >= 15 is 0 Å². The molecular formula is C52H80N6O15. The summed E-state index contributed by atoms with van der Waals surface area (Å²) >= 11 is 0. The number of aliphatic carboxylic acids is 1. The second-order valence-electron chi connectivity index (χ2n) is 19.4. The number of amides is 6. The lowest BCUT2D eigenvalue weighted by Crippen LogP contribution is -2.58. The first kappa shape index (κ1) is 61.4. The van der Waals surface area contributed by atoms with Crippen molar-refractivity contribution in [3.8, 4) is 22.6 Å². The van der Waals surface area contributed by atoms with Gasteiger partial charge in [0.1, 0.15) is 54.0 Å². The predicted octanol–water partition coefficient (Wildman–Crippen LogP) is 2.12. The van der Waals surface area contributed by atoms with Gasteiger partial charge in [0.2, 0.25) is 41.7 Å². The van der Waals surface area contributed by atoms with Crippen LogP contribution >= 0.6 is 0 Å². The van der Waals surface area contributed by atoms with Gasteiger partial charge in [0.15, 0.2) is 0 Å². The van der Waals surface area contributed by atoms with E-state index in [9.17, 15) is 64.2 Å². The van der Waals surface area contributed by atoms with Crippen LogP contribution in [0.5, 0.6) is 11.5 Å². The van der Waals surface area contributed by atoms with Gasteiger partial charge in [-0.1, -0.05) is 102 Å². The molecule has 1 heterocycles. The predicted molar refractivity (Wildman–Crippen MR) is 270 cm³/mol. The van der Waals surface area contributed by atoms with E-state index in [0.717, 1.165) is 35.0 Å². The molecule has 1 aliphatic heterocycles. The summed E-state index contributed by atoms with van der Waals surface area (Å²) in [5.41, 5.74) is 0.865. The topological polar surface area (TPSA) is 314 Å². The van der Waals surface area contributed by atoms with Crippen LogP contribution in [0.15, 0.2) is 42.5 Å². The normalized spacial score (nSPS) is 19.2. The molecule has 0 bridgehead atoms. The zero-order valence-corrected chi connectivity index (χ0v) is 43.4. The molecule has 408 valence electrons. The molecule has 0 saturated carbocycles. The number of hydrogen-bond acceptors (Lipinski definition) is 14. The molecule has 21 nitrogen and oxygen atoms in total. The molecule has 1 fully saturated rings. The number of rotatable bonds is 31. The summed E-state index contributed by atoms with van der Waals surface area (Å²) in [4.78, 5) is 92.1. The van der Waals surface area contributed by atoms with E-state index < -0.39 is 110 Å². The maximum atomic E-state index is 13.1. The Kier molecular flexibility index (Phi) is 26.1. The van der Waals surface area contributed by atoms with E-state index in [-0.39, 0.29) is 35.8 Å². The minimum Gasteiger partial charge on any atom is -0.507 e. The number of phenols is 1. The third-order valence-electron chi connectivity index (χ3n) is 12.8. The molecule has 0 spiro atoms. The van der Waals surface area contributed by atoms with Crippen molar-refractivity contribution in [3.05, 3.63) is 48.0 Å². The van der Waals surface area contributed by atoms with Crippen molar-refractivity contribution < 1.29 is 73.7 Å². The Hall–Kier alpha value is -5.87. The average Bonchev–Trinajstić information content (AvgIpc) is 3.34. The monoisotopic (exact) mass is 1030 g/mol. The zero-order valence-electron chi connectivity index (χ0n) is 43.4. The van der Waals surface area contributed by atoms with Crippen LogP contribution in [0.4, 0.5) is 0 Å². The Morgan fingerprint density at radius 3 is 1.93 bits per heavy atom. The SMILES string of the molecule is CC(C)CCCCCCCCCCCCC(=O)N(C)C(CO)C(=O)NC(C)C(=O)NCC(=O)N(C)CC(=O)NC(C)C(=O)NC(Cc1ccc(O)c(-c2ccccc2O[C@H]2O[C@H](C)[C@@H](O)[C@H](O)[C@@H]2O)c1)C(=O)O. The molecule has 1 aliphatic rings. The second kappa shape index (κ2) is 31.0. The molecule has 73 heavy (non-hydrogen) atoms. The molecule has 4 unspecified atom stereocenters. The highest BCUT2D eigenvalue weighted by Gasteiger charge is 2.43. The van der Waals surface area contributed by atoms with Gasteiger partial charge >= 0.3 is 5.97 Å². The first-order valence-electron chi connectivity index (χ1n) is 25.3. The molecule has 0 aliphatic carbocycles. The van der Waals surface area contributed by atoms with Crippen LogP contribution in [-0.2, 0) is 44.7 Å². The highest BCUT2D eigenvalue weighted by molar-refractivity contribution is 5.94. The molecule has 9 atom stereocenters. The molecular weight excluding hydrogens is 949 g/mol. The lowest BCUT2D eigenvalue weighted by Gasteiger charge is -2.39. The smallest absolute Gasteiger partial charge is 0.326 e. The number of hydrogen-bond donors (Lipinski definition) is 10. The summed E-state index contributed by atoms with van der Waals surface area (Å²) in [7, 11) is 2.70. The Balaban J connectivity index is 1.43. The third-order valence-corrected chi connectivity index (χ3v) is 12.8. The molecule has 2 aromatic rings. The largest absolute Gasteiger partial charge is 0.507 e. The summed E-state index contributed by atoms with van der Waals surface area (Å²) in [6.45, 7) is 6.88. The van der Waals surface area contributed by atoms with Gasteiger partial charge in [0, 0.05) is 38.1 Å². The van der Waals surface area contributed by atoms with Gasteiger partial charge in [0.25, 0.3) is 0 Å². The van der Waals surface area contributed by atoms with E-state index in [0.29, 0.717) is 17.5 Å². The molecule has 3 rings (SSSR count). The number of aliphatic hydroxyl groups excluding tert-OH is 4. The number of carbonyl (C=O) groups is 7. The first-order valence-corrected chi connectivity index (χ1v) is 25.3.